The Morgan fingerprint density at radius 1 is 1.31 bits per heavy atom. The molecule has 8 nitrogen and oxygen atoms in total. The Morgan fingerprint density at radius 2 is 2.12 bits per heavy atom. The average molecular weight is 473 g/mol. The molecule has 0 bridgehead atoms. The van der Waals surface area contributed by atoms with Gasteiger partial charge in [0.15, 0.2) is 0 Å². The topological polar surface area (TPSA) is 99.2 Å². The van der Waals surface area contributed by atoms with E-state index in [-0.39, 0.29) is 5.60 Å². The van der Waals surface area contributed by atoms with Gasteiger partial charge in [-0.15, -0.1) is 16.4 Å². The largest absolute Gasteiger partial charge is 0.370 e. The van der Waals surface area contributed by atoms with Crippen molar-refractivity contribution in [1.29, 1.82) is 0 Å². The van der Waals surface area contributed by atoms with E-state index >= 15 is 0 Å². The number of nitrogens with zero attached hydrogens (tertiary/aromatic N) is 5. The minimum atomic E-state index is -0.444. The van der Waals surface area contributed by atoms with Gasteiger partial charge in [0.05, 0.1) is 36.3 Å². The van der Waals surface area contributed by atoms with Gasteiger partial charge in [-0.3, -0.25) is 9.69 Å². The maximum atomic E-state index is 11.4. The van der Waals surface area contributed by atoms with Crippen LogP contribution in [0.5, 0.6) is 0 Å². The highest BCUT2D eigenvalue weighted by Crippen LogP contribution is 2.42. The van der Waals surface area contributed by atoms with Gasteiger partial charge in [-0.1, -0.05) is 22.9 Å². The number of thiazole rings is 1. The van der Waals surface area contributed by atoms with E-state index < -0.39 is 5.91 Å². The van der Waals surface area contributed by atoms with Gasteiger partial charge < -0.3 is 10.5 Å². The summed E-state index contributed by atoms with van der Waals surface area (Å²) >= 11 is 7.60. The van der Waals surface area contributed by atoms with Crippen LogP contribution in [0.3, 0.4) is 0 Å². The second-order valence-electron chi connectivity index (χ2n) is 8.46. The van der Waals surface area contributed by atoms with Gasteiger partial charge in [-0.05, 0) is 49.4 Å². The molecular formula is C22H25ClN6O2S. The molecule has 2 aliphatic heterocycles. The van der Waals surface area contributed by atoms with Crippen LogP contribution in [0.2, 0.25) is 5.02 Å². The van der Waals surface area contributed by atoms with Crippen LogP contribution in [0, 0.1) is 6.92 Å². The number of carbonyl (C=O) groups is 1. The number of piperidine rings is 1. The smallest absolute Gasteiger partial charge is 0.260 e. The molecule has 2 aromatic heterocycles. The molecule has 0 radical (unpaired) electrons. The number of carbonyl (C=O) groups excluding carboxylic acids is 1. The third-order valence-corrected chi connectivity index (χ3v) is 7.70. The highest BCUT2D eigenvalue weighted by molar-refractivity contribution is 7.13. The predicted molar refractivity (Wildman–Crippen MR) is 122 cm³/mol. The van der Waals surface area contributed by atoms with E-state index in [1.54, 1.807) is 11.6 Å². The Kier molecular flexibility index (Phi) is 5.75. The predicted octanol–water partition coefficient (Wildman–Crippen LogP) is 2.91. The number of benzene rings is 1. The average Bonchev–Trinajstić information content (AvgIpc) is 3.36. The summed E-state index contributed by atoms with van der Waals surface area (Å²) in [6.07, 6.45) is 4.75. The van der Waals surface area contributed by atoms with Crippen LogP contribution < -0.4 is 5.73 Å². The van der Waals surface area contributed by atoms with Gasteiger partial charge in [0.25, 0.3) is 5.91 Å². The van der Waals surface area contributed by atoms with E-state index in [0.717, 1.165) is 61.2 Å². The number of rotatable bonds is 5. The van der Waals surface area contributed by atoms with Crippen molar-refractivity contribution < 1.29 is 9.53 Å². The highest BCUT2D eigenvalue weighted by Gasteiger charge is 2.40. The van der Waals surface area contributed by atoms with Crippen molar-refractivity contribution >= 4 is 28.8 Å². The van der Waals surface area contributed by atoms with E-state index in [4.69, 9.17) is 22.1 Å². The molecule has 168 valence electrons. The van der Waals surface area contributed by atoms with E-state index in [9.17, 15) is 4.79 Å². The molecule has 32 heavy (non-hydrogen) atoms. The van der Waals surface area contributed by atoms with Crippen molar-refractivity contribution in [2.45, 2.75) is 44.9 Å². The minimum Gasteiger partial charge on any atom is -0.370 e. The standard InChI is InChI=1S/C22H25ClN6O2S/c1-14-20(21(24)30)32-19(25-14)13-29-12-17(26-27-29)11-28-7-5-22(6-8-28)18-10-16(23)3-2-15(18)4-9-31-22/h2-3,10,12H,4-9,11,13H2,1H3,(H2,24,30). The second-order valence-corrected chi connectivity index (χ2v) is 9.98. The number of halogens is 1. The van der Waals surface area contributed by atoms with E-state index in [1.165, 1.54) is 22.5 Å². The van der Waals surface area contributed by atoms with Crippen molar-refractivity contribution in [2.24, 2.45) is 5.73 Å². The van der Waals surface area contributed by atoms with Crippen molar-refractivity contribution in [3.8, 4) is 0 Å². The molecule has 2 aliphatic rings. The molecule has 1 fully saturated rings. The third kappa shape index (κ3) is 4.17. The Morgan fingerprint density at radius 3 is 2.88 bits per heavy atom. The molecule has 0 unspecified atom stereocenters. The van der Waals surface area contributed by atoms with Gasteiger partial charge >= 0.3 is 0 Å². The van der Waals surface area contributed by atoms with Crippen molar-refractivity contribution in [1.82, 2.24) is 24.9 Å². The summed E-state index contributed by atoms with van der Waals surface area (Å²) in [5.74, 6) is -0.444. The summed E-state index contributed by atoms with van der Waals surface area (Å²) in [7, 11) is 0. The molecular weight excluding hydrogens is 448 g/mol. The molecule has 4 heterocycles. The number of ether oxygens (including phenoxy) is 1. The fourth-order valence-corrected chi connectivity index (χ4v) is 5.80. The monoisotopic (exact) mass is 472 g/mol. The normalized spacial score (nSPS) is 18.1. The molecule has 1 spiro atoms. The summed E-state index contributed by atoms with van der Waals surface area (Å²) in [6.45, 7) is 5.61. The summed E-state index contributed by atoms with van der Waals surface area (Å²) in [5, 5.41) is 10.1. The van der Waals surface area contributed by atoms with Gasteiger partial charge in [0.1, 0.15) is 9.88 Å². The van der Waals surface area contributed by atoms with Crippen LogP contribution in [-0.4, -0.2) is 50.5 Å². The number of hydrogen-bond donors (Lipinski definition) is 1. The lowest BCUT2D eigenvalue weighted by atomic mass is 9.79. The first-order valence-corrected chi connectivity index (χ1v) is 11.9. The van der Waals surface area contributed by atoms with Crippen LogP contribution >= 0.6 is 22.9 Å². The molecule has 0 saturated carbocycles. The van der Waals surface area contributed by atoms with Crippen molar-refractivity contribution in [2.75, 3.05) is 19.7 Å². The van der Waals surface area contributed by atoms with Crippen LogP contribution in [-0.2, 0) is 29.8 Å². The fourth-order valence-electron chi connectivity index (χ4n) is 4.72. The molecule has 2 N–H and O–H groups in total. The zero-order chi connectivity index (χ0) is 22.3. The summed E-state index contributed by atoms with van der Waals surface area (Å²) in [6, 6.07) is 6.20. The number of likely N-dealkylation sites (tertiary alicyclic amines) is 1. The zero-order valence-electron chi connectivity index (χ0n) is 17.9. The van der Waals surface area contributed by atoms with Crippen LogP contribution in [0.1, 0.15) is 50.0 Å². The summed E-state index contributed by atoms with van der Waals surface area (Å²) in [5.41, 5.74) is 9.35. The highest BCUT2D eigenvalue weighted by atomic mass is 35.5. The molecule has 1 aromatic carbocycles. The van der Waals surface area contributed by atoms with Gasteiger partial charge in [-0.2, -0.15) is 0 Å². The number of primary amides is 1. The van der Waals surface area contributed by atoms with Gasteiger partial charge in [0.2, 0.25) is 0 Å². The quantitative estimate of drug-likeness (QED) is 0.613. The fraction of sp³-hybridized carbons (Fsp3) is 0.455. The molecule has 10 heteroatoms. The van der Waals surface area contributed by atoms with E-state index in [2.05, 4.69) is 32.3 Å². The SMILES string of the molecule is Cc1nc(Cn2cc(CN3CCC4(CC3)OCCc3ccc(Cl)cc34)nn2)sc1C(N)=O. The molecule has 3 aromatic rings. The van der Waals surface area contributed by atoms with Gasteiger partial charge in [0, 0.05) is 24.7 Å². The number of nitrogens with two attached hydrogens (primary N) is 1. The zero-order valence-corrected chi connectivity index (χ0v) is 19.5. The number of amides is 1. The molecule has 0 aliphatic carbocycles. The number of aromatic nitrogens is 4. The first-order chi connectivity index (χ1) is 15.4. The lowest BCUT2D eigenvalue weighted by Gasteiger charge is -2.45. The Bertz CT molecular complexity index is 1150. The Hall–Kier alpha value is -2.33. The first-order valence-electron chi connectivity index (χ1n) is 10.7. The van der Waals surface area contributed by atoms with Crippen LogP contribution in [0.4, 0.5) is 0 Å². The molecule has 1 amide bonds. The number of aryl methyl sites for hydroxylation is 1. The minimum absolute atomic E-state index is 0.229. The van der Waals surface area contributed by atoms with E-state index in [1.807, 2.05) is 12.3 Å². The van der Waals surface area contributed by atoms with Crippen molar-refractivity contribution in [3.05, 3.63) is 61.8 Å². The first kappa shape index (κ1) is 21.5. The number of fused-ring (bicyclic) bond motifs is 2. The van der Waals surface area contributed by atoms with Crippen LogP contribution in [0.15, 0.2) is 24.4 Å². The summed E-state index contributed by atoms with van der Waals surface area (Å²) in [4.78, 5) is 18.8. The van der Waals surface area contributed by atoms with Gasteiger partial charge in [-0.25, -0.2) is 9.67 Å². The number of hydrogen-bond acceptors (Lipinski definition) is 7. The lowest BCUT2D eigenvalue weighted by molar-refractivity contribution is -0.0990. The Labute approximate surface area is 195 Å². The molecule has 0 atom stereocenters. The second kappa shape index (κ2) is 8.55. The lowest BCUT2D eigenvalue weighted by Crippen LogP contribution is -2.46. The molecule has 1 saturated heterocycles. The summed E-state index contributed by atoms with van der Waals surface area (Å²) < 4.78 is 8.09. The van der Waals surface area contributed by atoms with E-state index in [0.29, 0.717) is 17.1 Å². The maximum Gasteiger partial charge on any atom is 0.260 e. The molecule has 5 rings (SSSR count). The third-order valence-electron chi connectivity index (χ3n) is 6.31. The van der Waals surface area contributed by atoms with Crippen LogP contribution in [0.25, 0.3) is 0 Å². The Balaban J connectivity index is 1.22. The van der Waals surface area contributed by atoms with Crippen molar-refractivity contribution in [3.63, 3.8) is 0 Å². The maximum absolute atomic E-state index is 11.4.